The number of aromatic amines is 1. The third-order valence-electron chi connectivity index (χ3n) is 7.24. The summed E-state index contributed by atoms with van der Waals surface area (Å²) in [5.74, 6) is 0.127. The van der Waals surface area contributed by atoms with E-state index in [1.165, 1.54) is 0 Å². The van der Waals surface area contributed by atoms with Crippen molar-refractivity contribution in [1.29, 1.82) is 0 Å². The minimum absolute atomic E-state index is 0.0285. The summed E-state index contributed by atoms with van der Waals surface area (Å²) in [5.41, 5.74) is 4.16. The van der Waals surface area contributed by atoms with E-state index in [1.54, 1.807) is 0 Å². The molecule has 0 spiro atoms. The maximum Gasteiger partial charge on any atom is 0.246 e. The van der Waals surface area contributed by atoms with E-state index < -0.39 is 6.04 Å². The second-order valence-electron chi connectivity index (χ2n) is 8.94. The Labute approximate surface area is 186 Å². The van der Waals surface area contributed by atoms with Crippen LogP contribution in [0.5, 0.6) is 0 Å². The van der Waals surface area contributed by atoms with Gasteiger partial charge in [0.1, 0.15) is 12.6 Å². The van der Waals surface area contributed by atoms with Crippen molar-refractivity contribution in [3.05, 3.63) is 70.4 Å². The second kappa shape index (κ2) is 7.13. The minimum Gasteiger partial charge on any atom is -0.356 e. The Hall–Kier alpha value is -2.79. The maximum absolute atomic E-state index is 13.7. The highest BCUT2D eigenvalue weighted by Gasteiger charge is 2.49. The summed E-state index contributed by atoms with van der Waals surface area (Å²) in [4.78, 5) is 34.5. The van der Waals surface area contributed by atoms with Crippen LogP contribution in [0.2, 0.25) is 5.02 Å². The van der Waals surface area contributed by atoms with Crippen molar-refractivity contribution in [1.82, 2.24) is 14.8 Å². The van der Waals surface area contributed by atoms with Crippen LogP contribution in [0.4, 0.5) is 0 Å². The molecule has 158 valence electrons. The van der Waals surface area contributed by atoms with Crippen molar-refractivity contribution in [2.24, 2.45) is 0 Å². The molecule has 6 heteroatoms. The van der Waals surface area contributed by atoms with Crippen LogP contribution in [0, 0.1) is 0 Å². The lowest BCUT2D eigenvalue weighted by Gasteiger charge is -2.48. The van der Waals surface area contributed by atoms with Crippen LogP contribution in [0.1, 0.15) is 48.5 Å². The summed E-state index contributed by atoms with van der Waals surface area (Å²) in [6.07, 6.45) is 4.83. The number of rotatable bonds is 2. The molecule has 5 nitrogen and oxygen atoms in total. The minimum atomic E-state index is -0.464. The van der Waals surface area contributed by atoms with E-state index in [9.17, 15) is 9.59 Å². The first kappa shape index (κ1) is 18.9. The molecular weight excluding hydrogens is 410 g/mol. The van der Waals surface area contributed by atoms with Crippen molar-refractivity contribution in [2.75, 3.05) is 6.54 Å². The molecule has 3 heterocycles. The first-order valence-corrected chi connectivity index (χ1v) is 11.5. The number of hydrogen-bond acceptors (Lipinski definition) is 2. The van der Waals surface area contributed by atoms with Crippen LogP contribution in [0.25, 0.3) is 10.9 Å². The Morgan fingerprint density at radius 1 is 0.968 bits per heavy atom. The molecule has 6 rings (SSSR count). The second-order valence-corrected chi connectivity index (χ2v) is 9.38. The van der Waals surface area contributed by atoms with Crippen molar-refractivity contribution in [2.45, 2.75) is 50.2 Å². The van der Waals surface area contributed by atoms with E-state index in [4.69, 9.17) is 11.6 Å². The fraction of sp³-hybridized carbons (Fsp3) is 0.360. The van der Waals surface area contributed by atoms with Gasteiger partial charge >= 0.3 is 0 Å². The van der Waals surface area contributed by atoms with E-state index >= 15 is 0 Å². The Kier molecular flexibility index (Phi) is 4.35. The number of nitrogens with zero attached hydrogens (tertiary/aromatic N) is 2. The molecule has 1 aromatic heterocycles. The third-order valence-corrected chi connectivity index (χ3v) is 7.50. The summed E-state index contributed by atoms with van der Waals surface area (Å²) < 4.78 is 0. The number of H-pyrrole nitrogens is 1. The van der Waals surface area contributed by atoms with Gasteiger partial charge in [-0.25, -0.2) is 0 Å². The highest BCUT2D eigenvalue weighted by atomic mass is 35.5. The van der Waals surface area contributed by atoms with Crippen LogP contribution >= 0.6 is 11.6 Å². The van der Waals surface area contributed by atoms with Crippen molar-refractivity contribution in [3.8, 4) is 0 Å². The number of carbonyl (C=O) groups excluding carboxylic acids is 2. The fourth-order valence-electron chi connectivity index (χ4n) is 5.80. The number of para-hydroxylation sites is 1. The van der Waals surface area contributed by atoms with E-state index in [-0.39, 0.29) is 30.4 Å². The molecule has 1 N–H and O–H groups in total. The molecule has 2 atom stereocenters. The molecule has 0 radical (unpaired) electrons. The molecule has 2 aromatic carbocycles. The fourth-order valence-corrected chi connectivity index (χ4v) is 5.93. The van der Waals surface area contributed by atoms with Crippen LogP contribution in [-0.2, 0) is 16.0 Å². The summed E-state index contributed by atoms with van der Waals surface area (Å²) in [6, 6.07) is 15.2. The van der Waals surface area contributed by atoms with Gasteiger partial charge in [0, 0.05) is 34.1 Å². The predicted octanol–water partition coefficient (Wildman–Crippen LogP) is 4.45. The molecule has 1 saturated heterocycles. The van der Waals surface area contributed by atoms with Crippen LogP contribution in [0.15, 0.2) is 48.5 Å². The van der Waals surface area contributed by atoms with Gasteiger partial charge in [-0.15, -0.1) is 0 Å². The molecule has 2 fully saturated rings. The van der Waals surface area contributed by atoms with Crippen molar-refractivity contribution in [3.63, 3.8) is 0 Å². The van der Waals surface area contributed by atoms with E-state index in [2.05, 4.69) is 17.1 Å². The average Bonchev–Trinajstić information content (AvgIpc) is 3.44. The topological polar surface area (TPSA) is 56.4 Å². The number of fused-ring (bicyclic) bond motifs is 4. The van der Waals surface area contributed by atoms with Crippen LogP contribution < -0.4 is 0 Å². The Morgan fingerprint density at radius 3 is 2.48 bits per heavy atom. The number of carbonyl (C=O) groups is 2. The molecule has 1 saturated carbocycles. The zero-order valence-electron chi connectivity index (χ0n) is 17.2. The van der Waals surface area contributed by atoms with Gasteiger partial charge < -0.3 is 14.8 Å². The lowest BCUT2D eigenvalue weighted by molar-refractivity contribution is -0.160. The van der Waals surface area contributed by atoms with Crippen molar-refractivity contribution < 1.29 is 9.59 Å². The molecule has 3 aliphatic rings. The van der Waals surface area contributed by atoms with Gasteiger partial charge in [-0.3, -0.25) is 9.59 Å². The molecule has 31 heavy (non-hydrogen) atoms. The van der Waals surface area contributed by atoms with Crippen molar-refractivity contribution >= 4 is 34.3 Å². The van der Waals surface area contributed by atoms with E-state index in [1.807, 2.05) is 46.2 Å². The number of nitrogens with one attached hydrogen (secondary N) is 1. The quantitative estimate of drug-likeness (QED) is 0.649. The molecule has 2 unspecified atom stereocenters. The highest BCUT2D eigenvalue weighted by molar-refractivity contribution is 6.30. The van der Waals surface area contributed by atoms with Gasteiger partial charge in [0.2, 0.25) is 11.8 Å². The Balaban J connectivity index is 1.51. The molecule has 2 aliphatic heterocycles. The number of aromatic nitrogens is 1. The van der Waals surface area contributed by atoms with Crippen LogP contribution in [-0.4, -0.2) is 45.2 Å². The molecule has 2 amide bonds. The number of halogens is 1. The molecule has 0 bridgehead atoms. The first-order valence-electron chi connectivity index (χ1n) is 11.1. The molecule has 1 aliphatic carbocycles. The number of hydrogen-bond donors (Lipinski definition) is 1. The van der Waals surface area contributed by atoms with Gasteiger partial charge in [0.15, 0.2) is 0 Å². The van der Waals surface area contributed by atoms with Gasteiger partial charge in [0.25, 0.3) is 0 Å². The zero-order valence-corrected chi connectivity index (χ0v) is 17.9. The lowest BCUT2D eigenvalue weighted by Crippen LogP contribution is -2.64. The molecular formula is C25H24ClN3O2. The monoisotopic (exact) mass is 433 g/mol. The number of amides is 2. The van der Waals surface area contributed by atoms with Crippen LogP contribution in [0.3, 0.4) is 0 Å². The van der Waals surface area contributed by atoms with E-state index in [0.717, 1.165) is 53.4 Å². The summed E-state index contributed by atoms with van der Waals surface area (Å²) in [5, 5.41) is 1.79. The lowest BCUT2D eigenvalue weighted by atomic mass is 9.86. The Bertz CT molecular complexity index is 1180. The summed E-state index contributed by atoms with van der Waals surface area (Å²) in [7, 11) is 0. The highest BCUT2D eigenvalue weighted by Crippen LogP contribution is 2.43. The van der Waals surface area contributed by atoms with E-state index in [0.29, 0.717) is 11.4 Å². The third kappa shape index (κ3) is 2.90. The normalized spacial score (nSPS) is 24.0. The summed E-state index contributed by atoms with van der Waals surface area (Å²) in [6.45, 7) is 0.180. The molecule has 3 aromatic rings. The average molecular weight is 434 g/mol. The first-order chi connectivity index (χ1) is 15.1. The predicted molar refractivity (Wildman–Crippen MR) is 120 cm³/mol. The summed E-state index contributed by atoms with van der Waals surface area (Å²) >= 11 is 6.15. The SMILES string of the molecule is O=C1C2Cc3c([nH]c4ccccc34)C(c3ccc(Cl)cc3)N2C(=O)CN1C1CCCC1. The van der Waals surface area contributed by atoms with Gasteiger partial charge in [-0.05, 0) is 42.2 Å². The number of benzene rings is 2. The Morgan fingerprint density at radius 2 is 1.71 bits per heavy atom. The largest absolute Gasteiger partial charge is 0.356 e. The standard InChI is InChI=1S/C25H24ClN3O2/c26-16-11-9-15(10-12-16)24-23-19(18-7-3-4-8-20(18)27-23)13-21-25(31)28(14-22(30)29(21)24)17-5-1-2-6-17/h3-4,7-12,17,21,24,27H,1-2,5-6,13-14H2. The zero-order chi connectivity index (χ0) is 21.1. The van der Waals surface area contributed by atoms with Gasteiger partial charge in [0.05, 0.1) is 6.04 Å². The maximum atomic E-state index is 13.7. The van der Waals surface area contributed by atoms with Gasteiger partial charge in [-0.1, -0.05) is 54.8 Å². The van der Waals surface area contributed by atoms with Gasteiger partial charge in [-0.2, -0.15) is 0 Å². The number of piperazine rings is 1. The smallest absolute Gasteiger partial charge is 0.246 e.